The number of rotatable bonds is 4. The summed E-state index contributed by atoms with van der Waals surface area (Å²) in [6.45, 7) is 5.00. The molecule has 0 atom stereocenters. The zero-order chi connectivity index (χ0) is 7.40. The number of nitrogens with zero attached hydrogens (tertiary/aromatic N) is 1. The first-order valence-corrected chi connectivity index (χ1v) is 3.94. The Labute approximate surface area is 62.3 Å². The van der Waals surface area contributed by atoms with Gasteiger partial charge in [-0.3, -0.25) is 0 Å². The summed E-state index contributed by atoms with van der Waals surface area (Å²) in [5.74, 6) is 1.31. The van der Waals surface area contributed by atoms with Crippen molar-refractivity contribution in [2.45, 2.75) is 26.7 Å². The van der Waals surface area contributed by atoms with Gasteiger partial charge in [-0.1, -0.05) is 19.0 Å². The first-order chi connectivity index (χ1) is 4.79. The number of hydrogen-bond acceptors (Lipinski definition) is 2. The van der Waals surface area contributed by atoms with Crippen molar-refractivity contribution < 1.29 is 4.84 Å². The van der Waals surface area contributed by atoms with Gasteiger partial charge in [0.05, 0.1) is 0 Å². The molecule has 0 amide bonds. The zero-order valence-corrected chi connectivity index (χ0v) is 6.71. The van der Waals surface area contributed by atoms with E-state index in [1.165, 1.54) is 12.8 Å². The molecule has 0 spiro atoms. The van der Waals surface area contributed by atoms with E-state index in [4.69, 9.17) is 4.84 Å². The van der Waals surface area contributed by atoms with Gasteiger partial charge in [0.2, 0.25) is 0 Å². The van der Waals surface area contributed by atoms with E-state index in [2.05, 4.69) is 19.0 Å². The summed E-state index contributed by atoms with van der Waals surface area (Å²) in [5.41, 5.74) is 0. The van der Waals surface area contributed by atoms with Crippen LogP contribution in [0, 0.1) is 11.8 Å². The Hall–Kier alpha value is -0.530. The highest BCUT2D eigenvalue weighted by molar-refractivity contribution is 5.58. The maximum Gasteiger partial charge on any atom is 0.120 e. The monoisotopic (exact) mass is 141 g/mol. The second-order valence-corrected chi connectivity index (χ2v) is 3.24. The van der Waals surface area contributed by atoms with Crippen LogP contribution in [-0.4, -0.2) is 12.8 Å². The van der Waals surface area contributed by atoms with Crippen LogP contribution in [0.1, 0.15) is 26.7 Å². The average molecular weight is 141 g/mol. The third-order valence-electron chi connectivity index (χ3n) is 1.44. The van der Waals surface area contributed by atoms with Crippen LogP contribution < -0.4 is 0 Å². The molecule has 0 saturated heterocycles. The first-order valence-electron chi connectivity index (χ1n) is 3.94. The molecular weight excluding hydrogens is 126 g/mol. The molecule has 0 unspecified atom stereocenters. The molecule has 0 aromatic rings. The molecule has 1 aliphatic carbocycles. The fraction of sp³-hybridized carbons (Fsp3) is 0.875. The molecule has 2 nitrogen and oxygen atoms in total. The Morgan fingerprint density at radius 2 is 2.30 bits per heavy atom. The molecule has 0 radical (unpaired) electrons. The molecule has 10 heavy (non-hydrogen) atoms. The van der Waals surface area contributed by atoms with Gasteiger partial charge in [-0.25, -0.2) is 0 Å². The Balaban J connectivity index is 1.92. The summed E-state index contributed by atoms with van der Waals surface area (Å²) >= 11 is 0. The van der Waals surface area contributed by atoms with E-state index >= 15 is 0 Å². The summed E-state index contributed by atoms with van der Waals surface area (Å²) in [4.78, 5) is 5.04. The van der Waals surface area contributed by atoms with E-state index < -0.39 is 0 Å². The molecule has 0 heterocycles. The number of oxime groups is 1. The van der Waals surface area contributed by atoms with Crippen molar-refractivity contribution in [3.8, 4) is 0 Å². The lowest BCUT2D eigenvalue weighted by Gasteiger charge is -1.95. The van der Waals surface area contributed by atoms with Crippen molar-refractivity contribution in [1.29, 1.82) is 0 Å². The van der Waals surface area contributed by atoms with E-state index in [1.807, 2.05) is 6.21 Å². The Kier molecular flexibility index (Phi) is 2.72. The molecule has 1 rings (SSSR count). The summed E-state index contributed by atoms with van der Waals surface area (Å²) in [6, 6.07) is 0. The molecule has 0 bridgehead atoms. The minimum absolute atomic E-state index is 0.499. The van der Waals surface area contributed by atoms with Gasteiger partial charge in [-0.2, -0.15) is 0 Å². The Bertz CT molecular complexity index is 116. The Morgan fingerprint density at radius 3 is 2.80 bits per heavy atom. The van der Waals surface area contributed by atoms with Crippen molar-refractivity contribution >= 4 is 6.21 Å². The van der Waals surface area contributed by atoms with E-state index in [0.29, 0.717) is 5.92 Å². The van der Waals surface area contributed by atoms with Crippen molar-refractivity contribution in [3.05, 3.63) is 0 Å². The van der Waals surface area contributed by atoms with Crippen molar-refractivity contribution in [2.75, 3.05) is 6.61 Å². The maximum absolute atomic E-state index is 5.04. The summed E-state index contributed by atoms with van der Waals surface area (Å²) < 4.78 is 0. The lowest BCUT2D eigenvalue weighted by Crippen LogP contribution is -1.92. The fourth-order valence-electron chi connectivity index (χ4n) is 0.598. The summed E-state index contributed by atoms with van der Waals surface area (Å²) in [5, 5.41) is 3.83. The standard InChI is InChI=1S/C8H15NO/c1-7(2)5-9-10-6-8-3-4-8/h5,7-8H,3-4,6H2,1-2H3/b9-5+. The van der Waals surface area contributed by atoms with E-state index in [9.17, 15) is 0 Å². The molecule has 0 aromatic heterocycles. The highest BCUT2D eigenvalue weighted by atomic mass is 16.6. The molecule has 0 N–H and O–H groups in total. The normalized spacial score (nSPS) is 18.7. The quantitative estimate of drug-likeness (QED) is 0.433. The van der Waals surface area contributed by atoms with Crippen LogP contribution in [-0.2, 0) is 4.84 Å². The Morgan fingerprint density at radius 1 is 1.60 bits per heavy atom. The van der Waals surface area contributed by atoms with Gasteiger partial charge in [0.25, 0.3) is 0 Å². The van der Waals surface area contributed by atoms with Gasteiger partial charge in [0.1, 0.15) is 6.61 Å². The highest BCUT2D eigenvalue weighted by Gasteiger charge is 2.21. The maximum atomic E-state index is 5.04. The average Bonchev–Trinajstić information content (AvgIpc) is 2.62. The smallest absolute Gasteiger partial charge is 0.120 e. The van der Waals surface area contributed by atoms with Crippen LogP contribution in [0.5, 0.6) is 0 Å². The molecule has 0 aromatic carbocycles. The SMILES string of the molecule is CC(C)/C=N/OCC1CC1. The molecule has 1 aliphatic rings. The second-order valence-electron chi connectivity index (χ2n) is 3.24. The molecule has 2 heteroatoms. The first kappa shape index (κ1) is 7.58. The predicted octanol–water partition coefficient (Wildman–Crippen LogP) is 2.05. The highest BCUT2D eigenvalue weighted by Crippen LogP contribution is 2.28. The van der Waals surface area contributed by atoms with Gasteiger partial charge in [-0.15, -0.1) is 0 Å². The van der Waals surface area contributed by atoms with E-state index in [1.54, 1.807) is 0 Å². The van der Waals surface area contributed by atoms with Gasteiger partial charge in [-0.05, 0) is 24.7 Å². The van der Waals surface area contributed by atoms with Crippen LogP contribution >= 0.6 is 0 Å². The van der Waals surface area contributed by atoms with E-state index in [-0.39, 0.29) is 0 Å². The molecule has 0 aliphatic heterocycles. The van der Waals surface area contributed by atoms with Gasteiger partial charge in [0, 0.05) is 6.21 Å². The van der Waals surface area contributed by atoms with Gasteiger partial charge in [0.15, 0.2) is 0 Å². The lowest BCUT2D eigenvalue weighted by atomic mass is 10.3. The van der Waals surface area contributed by atoms with Crippen LogP contribution in [0.15, 0.2) is 5.16 Å². The van der Waals surface area contributed by atoms with Crippen LogP contribution in [0.4, 0.5) is 0 Å². The lowest BCUT2D eigenvalue weighted by molar-refractivity contribution is 0.134. The molecule has 1 saturated carbocycles. The van der Waals surface area contributed by atoms with Crippen molar-refractivity contribution in [2.24, 2.45) is 17.0 Å². The minimum atomic E-state index is 0.499. The van der Waals surface area contributed by atoms with Crippen molar-refractivity contribution in [1.82, 2.24) is 0 Å². The predicted molar refractivity (Wildman–Crippen MR) is 42.0 cm³/mol. The topological polar surface area (TPSA) is 21.6 Å². The third kappa shape index (κ3) is 3.49. The summed E-state index contributed by atoms with van der Waals surface area (Å²) in [7, 11) is 0. The van der Waals surface area contributed by atoms with Crippen LogP contribution in [0.2, 0.25) is 0 Å². The van der Waals surface area contributed by atoms with Crippen LogP contribution in [0.3, 0.4) is 0 Å². The van der Waals surface area contributed by atoms with Crippen LogP contribution in [0.25, 0.3) is 0 Å². The van der Waals surface area contributed by atoms with Gasteiger partial charge < -0.3 is 4.84 Å². The van der Waals surface area contributed by atoms with Crippen molar-refractivity contribution in [3.63, 3.8) is 0 Å². The minimum Gasteiger partial charge on any atom is -0.396 e. The summed E-state index contributed by atoms with van der Waals surface area (Å²) in [6.07, 6.45) is 4.50. The fourth-order valence-corrected chi connectivity index (χ4v) is 0.598. The molecule has 1 fully saturated rings. The third-order valence-corrected chi connectivity index (χ3v) is 1.44. The second kappa shape index (κ2) is 3.59. The molecular formula is C8H15NO. The molecule has 58 valence electrons. The largest absolute Gasteiger partial charge is 0.396 e. The van der Waals surface area contributed by atoms with Gasteiger partial charge >= 0.3 is 0 Å². The zero-order valence-electron chi connectivity index (χ0n) is 6.71. The van der Waals surface area contributed by atoms with E-state index in [0.717, 1.165) is 12.5 Å². The number of hydrogen-bond donors (Lipinski definition) is 0.